The van der Waals surface area contributed by atoms with E-state index >= 15 is 0 Å². The van der Waals surface area contributed by atoms with Crippen molar-refractivity contribution >= 4 is 5.97 Å². The van der Waals surface area contributed by atoms with Gasteiger partial charge in [0.1, 0.15) is 6.04 Å². The van der Waals surface area contributed by atoms with Gasteiger partial charge in [-0.1, -0.05) is 0 Å². The van der Waals surface area contributed by atoms with Gasteiger partial charge in [-0.2, -0.15) is 0 Å². The molecule has 3 heteroatoms. The standard InChI is InChI=1S/C7H11NO2/c9-7(10)6-5-3-4(5)1-2-8-6/h4-6,8H,1-3H2,(H,9,10)/t4-,5-,6?/m0/s1. The fourth-order valence-corrected chi connectivity index (χ4v) is 1.86. The third kappa shape index (κ3) is 0.814. The SMILES string of the molecule is O=C(O)C1NCC[C@H]2C[C@H]12. The summed E-state index contributed by atoms with van der Waals surface area (Å²) in [5.41, 5.74) is 0. The summed E-state index contributed by atoms with van der Waals surface area (Å²) in [5.74, 6) is 0.501. The van der Waals surface area contributed by atoms with Crippen LogP contribution in [0.4, 0.5) is 0 Å². The maximum Gasteiger partial charge on any atom is 0.320 e. The Morgan fingerprint density at radius 1 is 1.60 bits per heavy atom. The Labute approximate surface area is 59.4 Å². The van der Waals surface area contributed by atoms with Crippen molar-refractivity contribution in [2.45, 2.75) is 18.9 Å². The first kappa shape index (κ1) is 6.16. The van der Waals surface area contributed by atoms with Gasteiger partial charge >= 0.3 is 5.97 Å². The number of hydrogen-bond acceptors (Lipinski definition) is 2. The second-order valence-corrected chi connectivity index (χ2v) is 3.22. The van der Waals surface area contributed by atoms with E-state index in [9.17, 15) is 4.79 Å². The highest BCUT2D eigenvalue weighted by atomic mass is 16.4. The molecule has 3 atom stereocenters. The van der Waals surface area contributed by atoms with Crippen molar-refractivity contribution in [3.63, 3.8) is 0 Å². The van der Waals surface area contributed by atoms with Crippen molar-refractivity contribution in [1.82, 2.24) is 5.32 Å². The van der Waals surface area contributed by atoms with Crippen LogP contribution in [-0.4, -0.2) is 23.7 Å². The number of fused-ring (bicyclic) bond motifs is 1. The van der Waals surface area contributed by atoms with Crippen LogP contribution in [0.3, 0.4) is 0 Å². The van der Waals surface area contributed by atoms with Crippen LogP contribution in [0.1, 0.15) is 12.8 Å². The lowest BCUT2D eigenvalue weighted by atomic mass is 10.1. The molecule has 1 saturated carbocycles. The molecule has 56 valence electrons. The molecule has 2 fully saturated rings. The first-order chi connectivity index (χ1) is 4.79. The van der Waals surface area contributed by atoms with Gasteiger partial charge in [0.2, 0.25) is 0 Å². The van der Waals surface area contributed by atoms with E-state index in [0.717, 1.165) is 18.9 Å². The van der Waals surface area contributed by atoms with E-state index in [-0.39, 0.29) is 6.04 Å². The summed E-state index contributed by atoms with van der Waals surface area (Å²) in [5, 5.41) is 11.7. The third-order valence-corrected chi connectivity index (χ3v) is 2.55. The van der Waals surface area contributed by atoms with Crippen LogP contribution in [0.25, 0.3) is 0 Å². The number of rotatable bonds is 1. The fourth-order valence-electron chi connectivity index (χ4n) is 1.86. The fraction of sp³-hybridized carbons (Fsp3) is 0.857. The van der Waals surface area contributed by atoms with Crippen molar-refractivity contribution in [2.24, 2.45) is 11.8 Å². The van der Waals surface area contributed by atoms with E-state index in [1.807, 2.05) is 0 Å². The molecule has 0 bridgehead atoms. The predicted octanol–water partition coefficient (Wildman–Crippen LogP) is 0.0690. The quantitative estimate of drug-likeness (QED) is 0.543. The van der Waals surface area contributed by atoms with E-state index in [0.29, 0.717) is 5.92 Å². The number of carboxylic acid groups (broad SMARTS) is 1. The van der Waals surface area contributed by atoms with E-state index in [1.54, 1.807) is 0 Å². The summed E-state index contributed by atoms with van der Waals surface area (Å²) in [7, 11) is 0. The molecule has 0 spiro atoms. The summed E-state index contributed by atoms with van der Waals surface area (Å²) in [4.78, 5) is 10.5. The molecule has 1 aliphatic heterocycles. The molecular weight excluding hydrogens is 130 g/mol. The average Bonchev–Trinajstić information content (AvgIpc) is 2.63. The van der Waals surface area contributed by atoms with Gasteiger partial charge in [-0.3, -0.25) is 4.79 Å². The van der Waals surface area contributed by atoms with Gasteiger partial charge in [0.15, 0.2) is 0 Å². The molecule has 0 aromatic rings. The molecule has 2 aliphatic rings. The Morgan fingerprint density at radius 2 is 2.40 bits per heavy atom. The van der Waals surface area contributed by atoms with Crippen molar-refractivity contribution in [3.05, 3.63) is 0 Å². The predicted molar refractivity (Wildman–Crippen MR) is 35.6 cm³/mol. The number of carbonyl (C=O) groups is 1. The second-order valence-electron chi connectivity index (χ2n) is 3.22. The first-order valence-corrected chi connectivity index (χ1v) is 3.75. The Hall–Kier alpha value is -0.570. The van der Waals surface area contributed by atoms with Crippen LogP contribution < -0.4 is 5.32 Å². The molecule has 0 aromatic carbocycles. The summed E-state index contributed by atoms with van der Waals surface area (Å²) >= 11 is 0. The normalized spacial score (nSPS) is 44.2. The number of hydrogen-bond donors (Lipinski definition) is 2. The van der Waals surface area contributed by atoms with Gasteiger partial charge in [-0.15, -0.1) is 0 Å². The van der Waals surface area contributed by atoms with Crippen molar-refractivity contribution < 1.29 is 9.90 Å². The molecule has 0 aromatic heterocycles. The molecule has 0 radical (unpaired) electrons. The largest absolute Gasteiger partial charge is 0.480 e. The van der Waals surface area contributed by atoms with Crippen molar-refractivity contribution in [3.8, 4) is 0 Å². The highest BCUT2D eigenvalue weighted by Gasteiger charge is 2.48. The Kier molecular flexibility index (Phi) is 1.20. The maximum absolute atomic E-state index is 10.5. The van der Waals surface area contributed by atoms with Crippen molar-refractivity contribution in [2.75, 3.05) is 6.54 Å². The Bertz CT molecular complexity index is 169. The van der Waals surface area contributed by atoms with Crippen LogP contribution in [0, 0.1) is 11.8 Å². The van der Waals surface area contributed by atoms with Gasteiger partial charge in [-0.25, -0.2) is 0 Å². The molecule has 2 rings (SSSR count). The number of aliphatic carboxylic acids is 1. The summed E-state index contributed by atoms with van der Waals surface area (Å²) < 4.78 is 0. The van der Waals surface area contributed by atoms with Gasteiger partial charge < -0.3 is 10.4 Å². The van der Waals surface area contributed by atoms with Crippen LogP contribution in [0.2, 0.25) is 0 Å². The molecule has 1 aliphatic carbocycles. The van der Waals surface area contributed by atoms with Crippen LogP contribution in [0.5, 0.6) is 0 Å². The highest BCUT2D eigenvalue weighted by Crippen LogP contribution is 2.45. The maximum atomic E-state index is 10.5. The lowest BCUT2D eigenvalue weighted by Crippen LogP contribution is -2.42. The third-order valence-electron chi connectivity index (χ3n) is 2.55. The average molecular weight is 141 g/mol. The topological polar surface area (TPSA) is 49.3 Å². The van der Waals surface area contributed by atoms with Gasteiger partial charge in [0.25, 0.3) is 0 Å². The first-order valence-electron chi connectivity index (χ1n) is 3.75. The Morgan fingerprint density at radius 3 is 3.00 bits per heavy atom. The molecule has 10 heavy (non-hydrogen) atoms. The second kappa shape index (κ2) is 1.95. The van der Waals surface area contributed by atoms with Gasteiger partial charge in [0.05, 0.1) is 0 Å². The highest BCUT2D eigenvalue weighted by molar-refractivity contribution is 5.74. The minimum atomic E-state index is -0.674. The number of nitrogens with one attached hydrogen (secondary N) is 1. The Balaban J connectivity index is 2.02. The van der Waals surface area contributed by atoms with Crippen LogP contribution >= 0.6 is 0 Å². The molecule has 1 unspecified atom stereocenters. The number of carboxylic acids is 1. The summed E-state index contributed by atoms with van der Waals surface area (Å²) in [6, 6.07) is -0.237. The lowest BCUT2D eigenvalue weighted by Gasteiger charge is -2.18. The minimum absolute atomic E-state index is 0.237. The zero-order valence-corrected chi connectivity index (χ0v) is 5.71. The van der Waals surface area contributed by atoms with E-state index in [2.05, 4.69) is 5.32 Å². The molecule has 2 N–H and O–H groups in total. The molecular formula is C7H11NO2. The zero-order chi connectivity index (χ0) is 7.14. The van der Waals surface area contributed by atoms with E-state index in [1.165, 1.54) is 6.42 Å². The van der Waals surface area contributed by atoms with Crippen molar-refractivity contribution in [1.29, 1.82) is 0 Å². The monoisotopic (exact) mass is 141 g/mol. The zero-order valence-electron chi connectivity index (χ0n) is 5.71. The molecule has 0 amide bonds. The molecule has 1 saturated heterocycles. The van der Waals surface area contributed by atoms with Crippen LogP contribution in [-0.2, 0) is 4.79 Å². The smallest absolute Gasteiger partial charge is 0.320 e. The van der Waals surface area contributed by atoms with Gasteiger partial charge in [0, 0.05) is 0 Å². The van der Waals surface area contributed by atoms with E-state index in [4.69, 9.17) is 5.11 Å². The summed E-state index contributed by atoms with van der Waals surface area (Å²) in [6.07, 6.45) is 2.30. The van der Waals surface area contributed by atoms with Crippen LogP contribution in [0.15, 0.2) is 0 Å². The number of piperidine rings is 1. The summed E-state index contributed by atoms with van der Waals surface area (Å²) in [6.45, 7) is 0.887. The molecule has 1 heterocycles. The minimum Gasteiger partial charge on any atom is -0.480 e. The van der Waals surface area contributed by atoms with E-state index < -0.39 is 5.97 Å². The lowest BCUT2D eigenvalue weighted by molar-refractivity contribution is -0.140. The molecule has 3 nitrogen and oxygen atoms in total. The van der Waals surface area contributed by atoms with Gasteiger partial charge in [-0.05, 0) is 31.2 Å².